The van der Waals surface area contributed by atoms with Gasteiger partial charge in [0.25, 0.3) is 0 Å². The van der Waals surface area contributed by atoms with E-state index in [1.54, 1.807) is 11.8 Å². The van der Waals surface area contributed by atoms with E-state index in [1.807, 2.05) is 11.5 Å². The minimum absolute atomic E-state index is 0.626. The number of thioether (sulfide) groups is 1. The van der Waals surface area contributed by atoms with Crippen LogP contribution in [0.4, 0.5) is 0 Å². The zero-order valence-electron chi connectivity index (χ0n) is 5.63. The summed E-state index contributed by atoms with van der Waals surface area (Å²) in [6.45, 7) is 3.74. The first-order chi connectivity index (χ1) is 4.72. The lowest BCUT2D eigenvalue weighted by Gasteiger charge is -2.01. The van der Waals surface area contributed by atoms with Crippen LogP contribution in [0.5, 0.6) is 0 Å². The highest BCUT2D eigenvalue weighted by Gasteiger charge is 2.03. The van der Waals surface area contributed by atoms with Gasteiger partial charge in [0.2, 0.25) is 0 Å². The van der Waals surface area contributed by atoms with Crippen LogP contribution in [0, 0.1) is 0 Å². The molecule has 0 aromatic heterocycles. The number of hydrogen-bond acceptors (Lipinski definition) is 3. The predicted octanol–water partition coefficient (Wildman–Crippen LogP) is 0.932. The molecule has 0 aromatic rings. The monoisotopic (exact) mass is 154 g/mol. The van der Waals surface area contributed by atoms with Crippen molar-refractivity contribution in [1.82, 2.24) is 0 Å². The molecule has 0 unspecified atom stereocenters. The van der Waals surface area contributed by atoms with E-state index in [0.717, 1.165) is 17.0 Å². The first-order valence-corrected chi connectivity index (χ1v) is 3.98. The van der Waals surface area contributed by atoms with Crippen molar-refractivity contribution in [1.29, 1.82) is 0 Å². The summed E-state index contributed by atoms with van der Waals surface area (Å²) in [7, 11) is 0. The molecule has 10 heavy (non-hydrogen) atoms. The van der Waals surface area contributed by atoms with Gasteiger partial charge in [0.05, 0.1) is 5.70 Å². The van der Waals surface area contributed by atoms with Crippen molar-refractivity contribution in [2.75, 3.05) is 5.75 Å². The van der Waals surface area contributed by atoms with Gasteiger partial charge < -0.3 is 11.5 Å². The normalized spacial score (nSPS) is 19.4. The lowest BCUT2D eigenvalue weighted by Crippen LogP contribution is -2.11. The molecule has 0 amide bonds. The summed E-state index contributed by atoms with van der Waals surface area (Å²) in [5.41, 5.74) is 13.4. The molecule has 0 fully saturated rings. The average molecular weight is 154 g/mol. The van der Waals surface area contributed by atoms with Gasteiger partial charge in [-0.1, -0.05) is 6.58 Å². The largest absolute Gasteiger partial charge is 0.400 e. The lowest BCUT2D eigenvalue weighted by molar-refractivity contribution is 1.20. The Hall–Kier alpha value is -0.830. The van der Waals surface area contributed by atoms with Crippen LogP contribution in [0.3, 0.4) is 0 Å². The molecule has 2 nitrogen and oxygen atoms in total. The van der Waals surface area contributed by atoms with Crippen molar-refractivity contribution < 1.29 is 0 Å². The Kier molecular flexibility index (Phi) is 2.06. The van der Waals surface area contributed by atoms with Crippen LogP contribution in [0.1, 0.15) is 0 Å². The third-order valence-electron chi connectivity index (χ3n) is 1.30. The van der Waals surface area contributed by atoms with Crippen LogP contribution in [-0.4, -0.2) is 5.75 Å². The third kappa shape index (κ3) is 1.36. The Balaban J connectivity index is 2.93. The molecular weight excluding hydrogens is 144 g/mol. The highest BCUT2D eigenvalue weighted by Crippen LogP contribution is 2.17. The van der Waals surface area contributed by atoms with Crippen LogP contribution < -0.4 is 11.5 Å². The van der Waals surface area contributed by atoms with Gasteiger partial charge in [0.15, 0.2) is 0 Å². The molecule has 1 rings (SSSR count). The van der Waals surface area contributed by atoms with Crippen molar-refractivity contribution in [2.45, 2.75) is 0 Å². The highest BCUT2D eigenvalue weighted by molar-refractivity contribution is 8.02. The van der Waals surface area contributed by atoms with Gasteiger partial charge in [0.1, 0.15) is 0 Å². The van der Waals surface area contributed by atoms with E-state index in [4.69, 9.17) is 11.5 Å². The maximum absolute atomic E-state index is 5.61. The molecule has 0 bridgehead atoms. The van der Waals surface area contributed by atoms with Crippen molar-refractivity contribution in [2.24, 2.45) is 11.5 Å². The summed E-state index contributed by atoms with van der Waals surface area (Å²) in [4.78, 5) is 0. The van der Waals surface area contributed by atoms with E-state index in [9.17, 15) is 0 Å². The fraction of sp³-hybridized carbons (Fsp3) is 0.143. The molecule has 0 atom stereocenters. The topological polar surface area (TPSA) is 52.0 Å². The van der Waals surface area contributed by atoms with Crippen LogP contribution in [0.2, 0.25) is 0 Å². The molecule has 1 aliphatic heterocycles. The zero-order chi connectivity index (χ0) is 7.56. The SMILES string of the molecule is C=C1C=CSCC(N)=C1N. The molecular formula is C7H10N2S. The molecule has 0 saturated carbocycles. The number of rotatable bonds is 0. The maximum Gasteiger partial charge on any atom is 0.0581 e. The van der Waals surface area contributed by atoms with E-state index in [-0.39, 0.29) is 0 Å². The second-order valence-electron chi connectivity index (χ2n) is 2.08. The Bertz CT molecular complexity index is 216. The Morgan fingerprint density at radius 2 is 2.20 bits per heavy atom. The van der Waals surface area contributed by atoms with Gasteiger partial charge in [-0.25, -0.2) is 0 Å². The van der Waals surface area contributed by atoms with Crippen molar-refractivity contribution in [3.63, 3.8) is 0 Å². The Labute approximate surface area is 64.7 Å². The second kappa shape index (κ2) is 2.84. The number of allylic oxidation sites excluding steroid dienone is 1. The second-order valence-corrected chi connectivity index (χ2v) is 2.97. The average Bonchev–Trinajstić information content (AvgIpc) is 2.04. The summed E-state index contributed by atoms with van der Waals surface area (Å²) in [6.07, 6.45) is 1.87. The predicted molar refractivity (Wildman–Crippen MR) is 46.1 cm³/mol. The fourth-order valence-corrected chi connectivity index (χ4v) is 1.33. The van der Waals surface area contributed by atoms with E-state index in [1.165, 1.54) is 0 Å². The first kappa shape index (κ1) is 7.28. The first-order valence-electron chi connectivity index (χ1n) is 2.93. The quantitative estimate of drug-likeness (QED) is 0.546. The molecule has 4 N–H and O–H groups in total. The number of nitrogens with two attached hydrogens (primary N) is 2. The fourth-order valence-electron chi connectivity index (χ4n) is 0.642. The molecule has 1 heterocycles. The third-order valence-corrected chi connectivity index (χ3v) is 2.10. The van der Waals surface area contributed by atoms with E-state index < -0.39 is 0 Å². The van der Waals surface area contributed by atoms with Crippen LogP contribution >= 0.6 is 11.8 Å². The summed E-state index contributed by atoms with van der Waals surface area (Å²) in [6, 6.07) is 0. The molecule has 0 aromatic carbocycles. The van der Waals surface area contributed by atoms with E-state index >= 15 is 0 Å². The minimum atomic E-state index is 0.626. The maximum atomic E-state index is 5.61. The van der Waals surface area contributed by atoms with Gasteiger partial charge in [-0.2, -0.15) is 0 Å². The van der Waals surface area contributed by atoms with Crippen LogP contribution in [0.15, 0.2) is 35.0 Å². The molecule has 54 valence electrons. The van der Waals surface area contributed by atoms with Gasteiger partial charge in [-0.3, -0.25) is 0 Å². The van der Waals surface area contributed by atoms with Crippen molar-refractivity contribution >= 4 is 11.8 Å². The summed E-state index contributed by atoms with van der Waals surface area (Å²) in [5, 5.41) is 1.95. The summed E-state index contributed by atoms with van der Waals surface area (Å²) < 4.78 is 0. The van der Waals surface area contributed by atoms with Gasteiger partial charge in [0, 0.05) is 11.4 Å². The summed E-state index contributed by atoms with van der Waals surface area (Å²) >= 11 is 1.63. The van der Waals surface area contributed by atoms with Crippen LogP contribution in [0.25, 0.3) is 0 Å². The van der Waals surface area contributed by atoms with E-state index in [0.29, 0.717) is 5.70 Å². The molecule has 0 radical (unpaired) electrons. The van der Waals surface area contributed by atoms with Crippen molar-refractivity contribution in [3.05, 3.63) is 35.0 Å². The van der Waals surface area contributed by atoms with Gasteiger partial charge >= 0.3 is 0 Å². The van der Waals surface area contributed by atoms with Gasteiger partial charge in [-0.05, 0) is 17.1 Å². The standard InChI is InChI=1S/C7H10N2S/c1-5-2-3-10-4-6(8)7(5)9/h2-3H,1,4,8-9H2. The van der Waals surface area contributed by atoms with E-state index in [2.05, 4.69) is 6.58 Å². The van der Waals surface area contributed by atoms with Crippen molar-refractivity contribution in [3.8, 4) is 0 Å². The molecule has 0 spiro atoms. The van der Waals surface area contributed by atoms with Gasteiger partial charge in [-0.15, -0.1) is 11.8 Å². The summed E-state index contributed by atoms with van der Waals surface area (Å²) in [5.74, 6) is 0.765. The molecule has 3 heteroatoms. The van der Waals surface area contributed by atoms with Crippen LogP contribution in [-0.2, 0) is 0 Å². The zero-order valence-corrected chi connectivity index (χ0v) is 6.45. The molecule has 0 saturated heterocycles. The highest BCUT2D eigenvalue weighted by atomic mass is 32.2. The molecule has 1 aliphatic rings. The Morgan fingerprint density at radius 3 is 2.90 bits per heavy atom. The Morgan fingerprint density at radius 1 is 1.50 bits per heavy atom. The number of hydrogen-bond donors (Lipinski definition) is 2. The lowest BCUT2D eigenvalue weighted by atomic mass is 10.2. The minimum Gasteiger partial charge on any atom is -0.400 e. The smallest absolute Gasteiger partial charge is 0.0581 e. The molecule has 0 aliphatic carbocycles.